The SMILES string of the molecule is CCC(C(=O)Nc1nn2c(-c3cccc(C)c3)nnc2s1)c1ccccc1. The summed E-state index contributed by atoms with van der Waals surface area (Å²) in [6, 6.07) is 17.8. The molecule has 0 fully saturated rings. The lowest BCUT2D eigenvalue weighted by atomic mass is 9.96. The van der Waals surface area contributed by atoms with Crippen molar-refractivity contribution in [1.82, 2.24) is 19.8 Å². The zero-order chi connectivity index (χ0) is 18.8. The Hall–Kier alpha value is -3.06. The van der Waals surface area contributed by atoms with E-state index in [0.717, 1.165) is 16.7 Å². The van der Waals surface area contributed by atoms with E-state index >= 15 is 0 Å². The molecular formula is C20H19N5OS. The molecule has 4 rings (SSSR count). The van der Waals surface area contributed by atoms with Crippen LogP contribution in [0.15, 0.2) is 54.6 Å². The molecule has 7 heteroatoms. The number of rotatable bonds is 5. The quantitative estimate of drug-likeness (QED) is 0.563. The van der Waals surface area contributed by atoms with Gasteiger partial charge in [-0.2, -0.15) is 4.52 Å². The molecule has 0 aliphatic heterocycles. The van der Waals surface area contributed by atoms with Crippen molar-refractivity contribution in [3.05, 3.63) is 65.7 Å². The van der Waals surface area contributed by atoms with Crippen molar-refractivity contribution in [1.29, 1.82) is 0 Å². The fraction of sp³-hybridized carbons (Fsp3) is 0.200. The van der Waals surface area contributed by atoms with E-state index in [4.69, 9.17) is 0 Å². The first-order valence-electron chi connectivity index (χ1n) is 8.81. The molecule has 136 valence electrons. The van der Waals surface area contributed by atoms with Gasteiger partial charge in [0, 0.05) is 5.56 Å². The predicted octanol–water partition coefficient (Wildman–Crippen LogP) is 4.29. The Labute approximate surface area is 160 Å². The Morgan fingerprint density at radius 3 is 2.70 bits per heavy atom. The van der Waals surface area contributed by atoms with Crippen LogP contribution >= 0.6 is 11.3 Å². The van der Waals surface area contributed by atoms with Gasteiger partial charge in [-0.25, -0.2) is 0 Å². The van der Waals surface area contributed by atoms with Gasteiger partial charge in [-0.15, -0.1) is 15.3 Å². The lowest BCUT2D eigenvalue weighted by molar-refractivity contribution is -0.117. The van der Waals surface area contributed by atoms with Gasteiger partial charge in [0.15, 0.2) is 5.82 Å². The number of anilines is 1. The summed E-state index contributed by atoms with van der Waals surface area (Å²) in [7, 11) is 0. The first-order valence-corrected chi connectivity index (χ1v) is 9.62. The fourth-order valence-corrected chi connectivity index (χ4v) is 3.82. The molecule has 0 saturated heterocycles. The second-order valence-corrected chi connectivity index (χ2v) is 7.31. The number of benzene rings is 2. The van der Waals surface area contributed by atoms with Crippen LogP contribution in [0.4, 0.5) is 5.13 Å². The number of nitrogens with zero attached hydrogens (tertiary/aromatic N) is 4. The van der Waals surface area contributed by atoms with Crippen LogP contribution in [0.25, 0.3) is 16.3 Å². The summed E-state index contributed by atoms with van der Waals surface area (Å²) in [6.45, 7) is 4.04. The van der Waals surface area contributed by atoms with Gasteiger partial charge in [0.05, 0.1) is 5.92 Å². The highest BCUT2D eigenvalue weighted by atomic mass is 32.1. The molecule has 1 unspecified atom stereocenters. The summed E-state index contributed by atoms with van der Waals surface area (Å²) < 4.78 is 1.68. The summed E-state index contributed by atoms with van der Waals surface area (Å²) in [5.41, 5.74) is 3.09. The molecule has 2 heterocycles. The van der Waals surface area contributed by atoms with Gasteiger partial charge < -0.3 is 0 Å². The molecule has 6 nitrogen and oxygen atoms in total. The number of hydrogen-bond acceptors (Lipinski definition) is 5. The van der Waals surface area contributed by atoms with Crippen LogP contribution in [0.2, 0.25) is 0 Å². The van der Waals surface area contributed by atoms with Gasteiger partial charge in [-0.05, 0) is 25.0 Å². The minimum atomic E-state index is -0.211. The van der Waals surface area contributed by atoms with Crippen LogP contribution in [0.3, 0.4) is 0 Å². The van der Waals surface area contributed by atoms with E-state index in [1.807, 2.05) is 68.4 Å². The number of fused-ring (bicyclic) bond motifs is 1. The Bertz CT molecular complexity index is 1090. The number of aromatic nitrogens is 4. The molecule has 0 spiro atoms. The van der Waals surface area contributed by atoms with Crippen molar-refractivity contribution in [3.63, 3.8) is 0 Å². The third-order valence-corrected chi connectivity index (χ3v) is 5.24. The van der Waals surface area contributed by atoms with E-state index in [1.54, 1.807) is 4.52 Å². The number of amides is 1. The number of carbonyl (C=O) groups excluding carboxylic acids is 1. The molecular weight excluding hydrogens is 358 g/mol. The number of aryl methyl sites for hydroxylation is 1. The minimum absolute atomic E-state index is 0.0641. The Morgan fingerprint density at radius 1 is 1.15 bits per heavy atom. The van der Waals surface area contributed by atoms with E-state index in [9.17, 15) is 4.79 Å². The number of hydrogen-bond donors (Lipinski definition) is 1. The van der Waals surface area contributed by atoms with Crippen LogP contribution < -0.4 is 5.32 Å². The molecule has 4 aromatic rings. The molecule has 0 aliphatic rings. The van der Waals surface area contributed by atoms with Crippen molar-refractivity contribution in [3.8, 4) is 11.4 Å². The second kappa shape index (κ2) is 7.28. The van der Waals surface area contributed by atoms with Gasteiger partial charge in [-0.1, -0.05) is 72.4 Å². The third kappa shape index (κ3) is 3.46. The van der Waals surface area contributed by atoms with Gasteiger partial charge in [0.2, 0.25) is 16.0 Å². The molecule has 2 aromatic carbocycles. The van der Waals surface area contributed by atoms with Gasteiger partial charge >= 0.3 is 0 Å². The van der Waals surface area contributed by atoms with E-state index in [-0.39, 0.29) is 11.8 Å². The van der Waals surface area contributed by atoms with Crippen molar-refractivity contribution in [2.45, 2.75) is 26.2 Å². The van der Waals surface area contributed by atoms with E-state index in [2.05, 4.69) is 20.6 Å². The standard InChI is InChI=1S/C20H19N5OS/c1-3-16(14-9-5-4-6-10-14)18(26)21-19-24-25-17(22-23-20(25)27-19)15-11-7-8-13(2)12-15/h4-12,16H,3H2,1-2H3,(H,21,24,26). The molecule has 0 bridgehead atoms. The van der Waals surface area contributed by atoms with Gasteiger partial charge in [0.25, 0.3) is 0 Å². The first-order chi connectivity index (χ1) is 13.2. The molecule has 0 radical (unpaired) electrons. The topological polar surface area (TPSA) is 72.2 Å². The smallest absolute Gasteiger partial charge is 0.236 e. The summed E-state index contributed by atoms with van der Waals surface area (Å²) in [6.07, 6.45) is 0.717. The monoisotopic (exact) mass is 377 g/mol. The van der Waals surface area contributed by atoms with Crippen LogP contribution in [0.5, 0.6) is 0 Å². The Balaban J connectivity index is 1.61. The van der Waals surface area contributed by atoms with Crippen molar-refractivity contribution in [2.24, 2.45) is 0 Å². The normalized spacial score (nSPS) is 12.2. The third-order valence-electron chi connectivity index (χ3n) is 4.42. The highest BCUT2D eigenvalue weighted by Crippen LogP contribution is 2.26. The summed E-state index contributed by atoms with van der Waals surface area (Å²) >= 11 is 1.31. The summed E-state index contributed by atoms with van der Waals surface area (Å²) in [5.74, 6) is 0.392. The average molecular weight is 377 g/mol. The Kier molecular flexibility index (Phi) is 4.68. The van der Waals surface area contributed by atoms with E-state index in [0.29, 0.717) is 22.3 Å². The molecule has 1 atom stereocenters. The van der Waals surface area contributed by atoms with Crippen molar-refractivity contribution in [2.75, 3.05) is 5.32 Å². The first kappa shape index (κ1) is 17.4. The summed E-state index contributed by atoms with van der Waals surface area (Å²) in [4.78, 5) is 13.4. The molecule has 1 amide bonds. The Morgan fingerprint density at radius 2 is 1.96 bits per heavy atom. The average Bonchev–Trinajstić information content (AvgIpc) is 3.23. The number of carbonyl (C=O) groups is 1. The zero-order valence-corrected chi connectivity index (χ0v) is 15.9. The van der Waals surface area contributed by atoms with Gasteiger partial charge in [0.1, 0.15) is 0 Å². The summed E-state index contributed by atoms with van der Waals surface area (Å²) in [5, 5.41) is 16.4. The van der Waals surface area contributed by atoms with Crippen LogP contribution in [0.1, 0.15) is 30.4 Å². The zero-order valence-electron chi connectivity index (χ0n) is 15.1. The molecule has 1 N–H and O–H groups in total. The van der Waals surface area contributed by atoms with Crippen LogP contribution in [-0.4, -0.2) is 25.7 Å². The van der Waals surface area contributed by atoms with E-state index < -0.39 is 0 Å². The highest BCUT2D eigenvalue weighted by Gasteiger charge is 2.21. The lowest BCUT2D eigenvalue weighted by Gasteiger charge is -2.13. The fourth-order valence-electron chi connectivity index (χ4n) is 3.08. The maximum absolute atomic E-state index is 12.8. The van der Waals surface area contributed by atoms with Crippen LogP contribution in [-0.2, 0) is 4.79 Å². The van der Waals surface area contributed by atoms with Crippen molar-refractivity contribution >= 4 is 27.3 Å². The maximum atomic E-state index is 12.8. The van der Waals surface area contributed by atoms with E-state index in [1.165, 1.54) is 11.3 Å². The second-order valence-electron chi connectivity index (χ2n) is 6.36. The van der Waals surface area contributed by atoms with Crippen LogP contribution in [0, 0.1) is 6.92 Å². The minimum Gasteiger partial charge on any atom is -0.300 e. The predicted molar refractivity (Wildman–Crippen MR) is 107 cm³/mol. The molecule has 0 aliphatic carbocycles. The maximum Gasteiger partial charge on any atom is 0.236 e. The number of nitrogens with one attached hydrogen (secondary N) is 1. The molecule has 2 aromatic heterocycles. The van der Waals surface area contributed by atoms with Crippen molar-refractivity contribution < 1.29 is 4.79 Å². The highest BCUT2D eigenvalue weighted by molar-refractivity contribution is 7.20. The lowest BCUT2D eigenvalue weighted by Crippen LogP contribution is -2.20. The molecule has 27 heavy (non-hydrogen) atoms. The molecule has 0 saturated carbocycles. The van der Waals surface area contributed by atoms with Gasteiger partial charge in [-0.3, -0.25) is 10.1 Å². The largest absolute Gasteiger partial charge is 0.300 e.